The first-order valence-electron chi connectivity index (χ1n) is 23.1. The lowest BCUT2D eigenvalue weighted by Gasteiger charge is -2.34. The van der Waals surface area contributed by atoms with Crippen LogP contribution in [0.15, 0.2) is 54.6 Å². The van der Waals surface area contributed by atoms with Crippen molar-refractivity contribution in [2.75, 3.05) is 13.1 Å². The van der Waals surface area contributed by atoms with Gasteiger partial charge in [-0.2, -0.15) is 0 Å². The van der Waals surface area contributed by atoms with Gasteiger partial charge in [0.15, 0.2) is 0 Å². The largest absolute Gasteiger partial charge is 0.481 e. The van der Waals surface area contributed by atoms with Crippen molar-refractivity contribution in [1.29, 1.82) is 0 Å². The van der Waals surface area contributed by atoms with Gasteiger partial charge >= 0.3 is 11.9 Å². The maximum atomic E-state index is 14.8. The zero-order valence-corrected chi connectivity index (χ0v) is 39.2. The van der Waals surface area contributed by atoms with E-state index in [1.807, 2.05) is 61.5 Å². The Hall–Kier alpha value is -6.37. The maximum absolute atomic E-state index is 14.8. The third-order valence-corrected chi connectivity index (χ3v) is 12.2. The minimum atomic E-state index is -1.59. The number of aliphatic carboxylic acids is 2. The summed E-state index contributed by atoms with van der Waals surface area (Å²) in [6.45, 7) is 10.9. The number of benzene rings is 2. The van der Waals surface area contributed by atoms with E-state index >= 15 is 0 Å². The van der Waals surface area contributed by atoms with Crippen LogP contribution in [0.25, 0.3) is 0 Å². The van der Waals surface area contributed by atoms with Gasteiger partial charge in [-0.1, -0.05) is 102 Å². The number of hydrogen-bond acceptors (Lipinski definition) is 10. The molecular formula is C48H67N7O12. The molecule has 1 unspecified atom stereocenters. The average Bonchev–Trinajstić information content (AvgIpc) is 3.73. The second-order valence-electron chi connectivity index (χ2n) is 17.7. The summed E-state index contributed by atoms with van der Waals surface area (Å²) in [7, 11) is 0. The fraction of sp³-hybridized carbons (Fsp3) is 0.562. The number of likely N-dealkylation sites (tertiary alicyclic amines) is 1. The highest BCUT2D eigenvalue weighted by Gasteiger charge is 2.45. The quantitative estimate of drug-likeness (QED) is 0.0798. The number of carboxylic acids is 2. The zero-order valence-electron chi connectivity index (χ0n) is 39.2. The summed E-state index contributed by atoms with van der Waals surface area (Å²) in [6, 6.07) is 9.68. The fourth-order valence-electron chi connectivity index (χ4n) is 8.25. The van der Waals surface area contributed by atoms with E-state index in [0.717, 1.165) is 18.1 Å². The summed E-state index contributed by atoms with van der Waals surface area (Å²) in [5.41, 5.74) is 3.10. The van der Waals surface area contributed by atoms with Crippen molar-refractivity contribution in [2.24, 2.45) is 11.8 Å². The third kappa shape index (κ3) is 15.6. The summed E-state index contributed by atoms with van der Waals surface area (Å²) < 4.78 is 6.26. The van der Waals surface area contributed by atoms with E-state index in [1.165, 1.54) is 10.5 Å². The Morgan fingerprint density at radius 1 is 0.716 bits per heavy atom. The van der Waals surface area contributed by atoms with Crippen LogP contribution in [0.2, 0.25) is 0 Å². The number of fused-ring (bicyclic) bond motifs is 1. The van der Waals surface area contributed by atoms with Gasteiger partial charge in [-0.3, -0.25) is 43.2 Å². The molecule has 19 heteroatoms. The predicted molar refractivity (Wildman–Crippen MR) is 244 cm³/mol. The average molecular weight is 934 g/mol. The van der Waals surface area contributed by atoms with Crippen molar-refractivity contribution >= 4 is 53.3 Å². The summed E-state index contributed by atoms with van der Waals surface area (Å²) >= 11 is 0. The molecule has 19 nitrogen and oxygen atoms in total. The molecule has 0 radical (unpaired) electrons. The molecule has 2 heterocycles. The number of nitrogens with one attached hydrogen (secondary N) is 5. The molecule has 0 bridgehead atoms. The highest BCUT2D eigenvalue weighted by molar-refractivity contribution is 5.98. The molecule has 7 amide bonds. The number of ether oxygens (including phenoxy) is 1. The number of carboxylic acid groups (broad SMARTS) is 2. The van der Waals surface area contributed by atoms with E-state index in [2.05, 4.69) is 26.6 Å². The second-order valence-corrected chi connectivity index (χ2v) is 17.7. The van der Waals surface area contributed by atoms with Gasteiger partial charge in [0.1, 0.15) is 36.3 Å². The molecule has 67 heavy (non-hydrogen) atoms. The van der Waals surface area contributed by atoms with E-state index < -0.39 is 121 Å². The van der Waals surface area contributed by atoms with Crippen LogP contribution < -0.4 is 26.6 Å². The number of carbonyl (C=O) groups excluding carboxylic acids is 7. The lowest BCUT2D eigenvalue weighted by Crippen LogP contribution is -2.61. The summed E-state index contributed by atoms with van der Waals surface area (Å²) in [6.07, 6.45) is -0.349. The highest BCUT2D eigenvalue weighted by Crippen LogP contribution is 2.26. The van der Waals surface area contributed by atoms with E-state index in [9.17, 15) is 53.4 Å². The predicted octanol–water partition coefficient (Wildman–Crippen LogP) is 2.04. The third-order valence-electron chi connectivity index (χ3n) is 12.2. The number of carbonyl (C=O) groups is 9. The molecule has 4 rings (SSSR count). The van der Waals surface area contributed by atoms with Crippen LogP contribution >= 0.6 is 0 Å². The van der Waals surface area contributed by atoms with Crippen molar-refractivity contribution in [3.05, 3.63) is 71.3 Å². The Morgan fingerprint density at radius 3 is 1.97 bits per heavy atom. The number of hydrogen-bond donors (Lipinski definition) is 7. The first-order valence-corrected chi connectivity index (χ1v) is 23.1. The van der Waals surface area contributed by atoms with Crippen LogP contribution in [0.4, 0.5) is 0 Å². The lowest BCUT2D eigenvalue weighted by atomic mass is 9.95. The molecule has 8 atom stereocenters. The summed E-state index contributed by atoms with van der Waals surface area (Å²) in [5, 5.41) is 31.6. The second kappa shape index (κ2) is 25.5. The zero-order chi connectivity index (χ0) is 49.4. The Balaban J connectivity index is 1.57. The molecule has 0 aliphatic carbocycles. The minimum absolute atomic E-state index is 0.00398. The molecule has 366 valence electrons. The van der Waals surface area contributed by atoms with E-state index in [-0.39, 0.29) is 25.5 Å². The van der Waals surface area contributed by atoms with Crippen molar-refractivity contribution < 1.29 is 58.1 Å². The SMILES string of the molecule is CCCC(NC(=O)[C@@H]1C[C@@H](OCc2ccccc2)CN1C(=O)[C@@H](NC(=O)[C@@H](NC(=O)[C@@H](CCC(=O)O)NC(=O)[C@H](CC(=O)O)NC(C)=O)[C@@H](C)CC)C(C)C)C(=O)N1CCc2ccccc2C1. The van der Waals surface area contributed by atoms with E-state index in [0.29, 0.717) is 38.8 Å². The molecule has 2 aliphatic heterocycles. The van der Waals surface area contributed by atoms with Gasteiger partial charge in [0.05, 0.1) is 19.1 Å². The topological polar surface area (TPSA) is 270 Å². The van der Waals surface area contributed by atoms with Gasteiger partial charge in [0, 0.05) is 39.4 Å². The van der Waals surface area contributed by atoms with Crippen molar-refractivity contribution in [2.45, 2.75) is 148 Å². The lowest BCUT2D eigenvalue weighted by molar-refractivity contribution is -0.144. The molecule has 2 aromatic rings. The van der Waals surface area contributed by atoms with E-state index in [4.69, 9.17) is 4.74 Å². The van der Waals surface area contributed by atoms with Gasteiger partial charge in [-0.15, -0.1) is 0 Å². The first-order chi connectivity index (χ1) is 31.8. The molecule has 1 fully saturated rings. The molecule has 7 N–H and O–H groups in total. The van der Waals surface area contributed by atoms with Crippen LogP contribution in [0.3, 0.4) is 0 Å². The smallest absolute Gasteiger partial charge is 0.305 e. The molecule has 2 aliphatic rings. The van der Waals surface area contributed by atoms with Crippen LogP contribution in [0.1, 0.15) is 103 Å². The minimum Gasteiger partial charge on any atom is -0.481 e. The normalized spacial score (nSPS) is 18.3. The van der Waals surface area contributed by atoms with Gasteiger partial charge in [0.2, 0.25) is 41.4 Å². The Labute approximate surface area is 391 Å². The fourth-order valence-corrected chi connectivity index (χ4v) is 8.25. The number of nitrogens with zero attached hydrogens (tertiary/aromatic N) is 2. The molecule has 0 saturated carbocycles. The summed E-state index contributed by atoms with van der Waals surface area (Å²) in [4.78, 5) is 122. The Morgan fingerprint density at radius 2 is 1.36 bits per heavy atom. The van der Waals surface area contributed by atoms with Gasteiger partial charge in [-0.05, 0) is 47.8 Å². The maximum Gasteiger partial charge on any atom is 0.305 e. The number of amides is 7. The van der Waals surface area contributed by atoms with Gasteiger partial charge in [-0.25, -0.2) is 0 Å². The van der Waals surface area contributed by atoms with Gasteiger partial charge in [0.25, 0.3) is 0 Å². The molecular weight excluding hydrogens is 867 g/mol. The molecule has 2 aromatic carbocycles. The molecule has 0 spiro atoms. The summed E-state index contributed by atoms with van der Waals surface area (Å²) in [5.74, 6) is -8.70. The van der Waals surface area contributed by atoms with Gasteiger partial charge < -0.3 is 51.3 Å². The molecule has 1 saturated heterocycles. The number of rotatable bonds is 24. The van der Waals surface area contributed by atoms with Crippen molar-refractivity contribution in [1.82, 2.24) is 36.4 Å². The Bertz CT molecular complexity index is 2070. The van der Waals surface area contributed by atoms with Crippen LogP contribution in [0.5, 0.6) is 0 Å². The Kier molecular flexibility index (Phi) is 20.3. The molecule has 0 aromatic heterocycles. The van der Waals surface area contributed by atoms with Crippen LogP contribution in [-0.4, -0.2) is 129 Å². The van der Waals surface area contributed by atoms with Crippen molar-refractivity contribution in [3.8, 4) is 0 Å². The monoisotopic (exact) mass is 933 g/mol. The van der Waals surface area contributed by atoms with E-state index in [1.54, 1.807) is 32.6 Å². The van der Waals surface area contributed by atoms with Crippen LogP contribution in [-0.2, 0) is 67.5 Å². The standard InChI is InChI=1S/C48H67N7O12/c1-7-14-36(47(65)54-22-21-32-17-12-13-18-33(32)25-54)51-45(63)38-23-34(67-27-31-15-10-9-11-16-31)26-55(38)48(66)41(28(3)4)52-46(64)42(29(5)8-2)53-43(61)35(19-20-39(57)58)50-44(62)37(24-40(59)60)49-30(6)56/h9-13,15-18,28-29,34-38,41-42H,7-8,14,19-27H2,1-6H3,(H,49,56)(H,50,62)(H,51,63)(H,52,64)(H,53,61)(H,57,58)(H,59,60)/t29-,34+,35+,36?,37-,38-,41-,42-/m0/s1. The first kappa shape index (κ1) is 53.2. The van der Waals surface area contributed by atoms with Crippen LogP contribution in [0, 0.1) is 11.8 Å². The highest BCUT2D eigenvalue weighted by atomic mass is 16.5. The van der Waals surface area contributed by atoms with Crippen molar-refractivity contribution in [3.63, 3.8) is 0 Å².